The van der Waals surface area contributed by atoms with E-state index in [9.17, 15) is 4.79 Å². The zero-order valence-corrected chi connectivity index (χ0v) is 14.7. The summed E-state index contributed by atoms with van der Waals surface area (Å²) in [6.45, 7) is 3.09. The Morgan fingerprint density at radius 3 is 2.23 bits per heavy atom. The minimum Gasteiger partial charge on any atom is -0.387 e. The van der Waals surface area contributed by atoms with E-state index in [1.807, 2.05) is 72.5 Å². The summed E-state index contributed by atoms with van der Waals surface area (Å²) in [5.41, 5.74) is 2.61. The molecule has 2 aromatic rings. The van der Waals surface area contributed by atoms with E-state index in [4.69, 9.17) is 9.57 Å². The summed E-state index contributed by atoms with van der Waals surface area (Å²) in [5, 5.41) is 4.08. The monoisotopic (exact) mass is 350 g/mol. The Morgan fingerprint density at radius 2 is 1.58 bits per heavy atom. The second-order valence-electron chi connectivity index (χ2n) is 6.80. The predicted octanol–water partition coefficient (Wildman–Crippen LogP) is 3.49. The molecule has 0 N–H and O–H groups in total. The summed E-state index contributed by atoms with van der Waals surface area (Å²) in [7, 11) is 0. The third kappa shape index (κ3) is 3.48. The van der Waals surface area contributed by atoms with Gasteiger partial charge in [-0.3, -0.25) is 4.79 Å². The van der Waals surface area contributed by atoms with Crippen LogP contribution in [0, 0.1) is 0 Å². The SMILES string of the molecule is C[C@@H]1CN(C(=O)C2=NO[C@@H](c3ccccc3)C2)C[C@H](c2ccccc2)O1. The fourth-order valence-electron chi connectivity index (χ4n) is 3.50. The van der Waals surface area contributed by atoms with Gasteiger partial charge in [0.25, 0.3) is 5.91 Å². The zero-order valence-electron chi connectivity index (χ0n) is 14.7. The molecule has 0 radical (unpaired) electrons. The Hall–Kier alpha value is -2.66. The fourth-order valence-corrected chi connectivity index (χ4v) is 3.50. The lowest BCUT2D eigenvalue weighted by molar-refractivity contribution is -0.138. The largest absolute Gasteiger partial charge is 0.387 e. The minimum absolute atomic E-state index is 0.0225. The van der Waals surface area contributed by atoms with E-state index >= 15 is 0 Å². The van der Waals surface area contributed by atoms with E-state index in [1.165, 1.54) is 0 Å². The van der Waals surface area contributed by atoms with Crippen molar-refractivity contribution >= 4 is 11.6 Å². The van der Waals surface area contributed by atoms with Crippen LogP contribution in [0.5, 0.6) is 0 Å². The first-order valence-electron chi connectivity index (χ1n) is 8.98. The Morgan fingerprint density at radius 1 is 0.962 bits per heavy atom. The van der Waals surface area contributed by atoms with Crippen molar-refractivity contribution in [3.63, 3.8) is 0 Å². The Balaban J connectivity index is 1.44. The van der Waals surface area contributed by atoms with Crippen molar-refractivity contribution in [3.8, 4) is 0 Å². The molecule has 2 heterocycles. The molecule has 26 heavy (non-hydrogen) atoms. The number of carbonyl (C=O) groups is 1. The molecule has 5 nitrogen and oxygen atoms in total. The molecule has 1 fully saturated rings. The second kappa shape index (κ2) is 7.30. The summed E-state index contributed by atoms with van der Waals surface area (Å²) in [6, 6.07) is 19.9. The van der Waals surface area contributed by atoms with Gasteiger partial charge in [-0.1, -0.05) is 65.8 Å². The van der Waals surface area contributed by atoms with E-state index in [0.717, 1.165) is 11.1 Å². The maximum Gasteiger partial charge on any atom is 0.272 e. The van der Waals surface area contributed by atoms with Crippen LogP contribution in [0.4, 0.5) is 0 Å². The molecule has 2 aliphatic heterocycles. The van der Waals surface area contributed by atoms with E-state index in [-0.39, 0.29) is 24.2 Å². The Bertz CT molecular complexity index is 791. The maximum atomic E-state index is 13.0. The third-order valence-electron chi connectivity index (χ3n) is 4.81. The summed E-state index contributed by atoms with van der Waals surface area (Å²) >= 11 is 0. The van der Waals surface area contributed by atoms with Gasteiger partial charge in [0.1, 0.15) is 11.8 Å². The van der Waals surface area contributed by atoms with Crippen molar-refractivity contribution in [2.24, 2.45) is 5.16 Å². The van der Waals surface area contributed by atoms with Crippen LogP contribution in [0.3, 0.4) is 0 Å². The highest BCUT2D eigenvalue weighted by Gasteiger charge is 2.35. The highest BCUT2D eigenvalue weighted by Crippen LogP contribution is 2.29. The van der Waals surface area contributed by atoms with Crippen molar-refractivity contribution in [1.82, 2.24) is 4.90 Å². The average molecular weight is 350 g/mol. The highest BCUT2D eigenvalue weighted by atomic mass is 16.6. The smallest absolute Gasteiger partial charge is 0.272 e. The molecule has 0 aromatic heterocycles. The summed E-state index contributed by atoms with van der Waals surface area (Å²) in [6.07, 6.45) is 0.186. The van der Waals surface area contributed by atoms with E-state index < -0.39 is 0 Å². The number of ether oxygens (including phenoxy) is 1. The first-order valence-corrected chi connectivity index (χ1v) is 8.98. The molecule has 0 spiro atoms. The van der Waals surface area contributed by atoms with E-state index in [1.54, 1.807) is 0 Å². The van der Waals surface area contributed by atoms with Crippen molar-refractivity contribution in [2.75, 3.05) is 13.1 Å². The Kier molecular flexibility index (Phi) is 4.71. The molecule has 0 unspecified atom stereocenters. The fraction of sp³-hybridized carbons (Fsp3) is 0.333. The molecular weight excluding hydrogens is 328 g/mol. The van der Waals surface area contributed by atoms with Crippen molar-refractivity contribution < 1.29 is 14.4 Å². The summed E-state index contributed by atoms with van der Waals surface area (Å²) < 4.78 is 6.04. The topological polar surface area (TPSA) is 51.1 Å². The molecule has 1 amide bonds. The van der Waals surface area contributed by atoms with Gasteiger partial charge in [-0.2, -0.15) is 0 Å². The zero-order chi connectivity index (χ0) is 17.9. The van der Waals surface area contributed by atoms with Crippen LogP contribution < -0.4 is 0 Å². The van der Waals surface area contributed by atoms with Gasteiger partial charge in [0.15, 0.2) is 6.10 Å². The standard InChI is InChI=1S/C21H22N2O3/c1-15-13-23(14-20(25-15)17-10-6-3-7-11-17)21(24)18-12-19(26-22-18)16-8-4-2-5-9-16/h2-11,15,19-20H,12-14H2,1H3/t15-,19-,20-/m1/s1. The van der Waals surface area contributed by atoms with Gasteiger partial charge in [-0.05, 0) is 18.1 Å². The van der Waals surface area contributed by atoms with E-state index in [0.29, 0.717) is 25.2 Å². The average Bonchev–Trinajstić information content (AvgIpc) is 3.18. The van der Waals surface area contributed by atoms with E-state index in [2.05, 4.69) is 5.16 Å². The van der Waals surface area contributed by atoms with Crippen molar-refractivity contribution in [1.29, 1.82) is 0 Å². The molecule has 1 saturated heterocycles. The first kappa shape index (κ1) is 16.8. The molecule has 2 aromatic carbocycles. The minimum atomic E-state index is -0.182. The number of amides is 1. The molecular formula is C21H22N2O3. The lowest BCUT2D eigenvalue weighted by atomic mass is 10.0. The third-order valence-corrected chi connectivity index (χ3v) is 4.81. The van der Waals surface area contributed by atoms with Crippen LogP contribution in [0.25, 0.3) is 0 Å². The van der Waals surface area contributed by atoms with Crippen LogP contribution in [0.1, 0.15) is 36.7 Å². The van der Waals surface area contributed by atoms with Crippen LogP contribution in [0.15, 0.2) is 65.8 Å². The van der Waals surface area contributed by atoms with Crippen molar-refractivity contribution in [2.45, 2.75) is 31.7 Å². The molecule has 5 heteroatoms. The Labute approximate surface area is 153 Å². The van der Waals surface area contributed by atoms with Gasteiger partial charge < -0.3 is 14.5 Å². The quantitative estimate of drug-likeness (QED) is 0.851. The number of carbonyl (C=O) groups excluding carboxylic acids is 1. The molecule has 2 aliphatic rings. The number of hydrogen-bond acceptors (Lipinski definition) is 4. The summed E-state index contributed by atoms with van der Waals surface area (Å²) in [5.74, 6) is -0.0560. The predicted molar refractivity (Wildman–Crippen MR) is 98.6 cm³/mol. The normalized spacial score (nSPS) is 25.5. The number of oxime groups is 1. The first-order chi connectivity index (χ1) is 12.7. The molecule has 0 aliphatic carbocycles. The number of morpholine rings is 1. The molecule has 134 valence electrons. The van der Waals surface area contributed by atoms with Crippen molar-refractivity contribution in [3.05, 3.63) is 71.8 Å². The number of rotatable bonds is 3. The molecule has 0 bridgehead atoms. The lowest BCUT2D eigenvalue weighted by Crippen LogP contribution is -2.48. The van der Waals surface area contributed by atoms with Gasteiger partial charge in [-0.15, -0.1) is 0 Å². The van der Waals surface area contributed by atoms with Crippen LogP contribution >= 0.6 is 0 Å². The summed E-state index contributed by atoms with van der Waals surface area (Å²) in [4.78, 5) is 20.3. The van der Waals surface area contributed by atoms with Gasteiger partial charge >= 0.3 is 0 Å². The molecule has 3 atom stereocenters. The van der Waals surface area contributed by atoms with Crippen LogP contribution in [0.2, 0.25) is 0 Å². The van der Waals surface area contributed by atoms with Crippen LogP contribution in [-0.2, 0) is 14.4 Å². The molecule has 4 rings (SSSR count). The molecule has 0 saturated carbocycles. The van der Waals surface area contributed by atoms with Gasteiger partial charge in [0.05, 0.1) is 12.6 Å². The second-order valence-corrected chi connectivity index (χ2v) is 6.80. The van der Waals surface area contributed by atoms with Gasteiger partial charge in [0, 0.05) is 13.0 Å². The number of hydrogen-bond donors (Lipinski definition) is 0. The van der Waals surface area contributed by atoms with Gasteiger partial charge in [-0.25, -0.2) is 0 Å². The number of benzene rings is 2. The maximum absolute atomic E-state index is 13.0. The number of nitrogens with zero attached hydrogens (tertiary/aromatic N) is 2. The highest BCUT2D eigenvalue weighted by molar-refractivity contribution is 6.39. The van der Waals surface area contributed by atoms with Crippen LogP contribution in [-0.4, -0.2) is 35.7 Å². The van der Waals surface area contributed by atoms with Gasteiger partial charge in [0.2, 0.25) is 0 Å². The lowest BCUT2D eigenvalue weighted by Gasteiger charge is -2.36.